The topological polar surface area (TPSA) is 131 Å². The summed E-state index contributed by atoms with van der Waals surface area (Å²) in [5.74, 6) is -1.50. The van der Waals surface area contributed by atoms with Crippen molar-refractivity contribution in [2.45, 2.75) is 85.4 Å². The molecule has 35 heavy (non-hydrogen) atoms. The van der Waals surface area contributed by atoms with Gasteiger partial charge in [-0.1, -0.05) is 19.8 Å². The highest BCUT2D eigenvalue weighted by molar-refractivity contribution is 5.98. The van der Waals surface area contributed by atoms with E-state index in [9.17, 15) is 14.0 Å². The molecule has 10 heteroatoms. The Labute approximate surface area is 206 Å². The van der Waals surface area contributed by atoms with E-state index in [4.69, 9.17) is 10.5 Å². The van der Waals surface area contributed by atoms with E-state index in [1.165, 1.54) is 0 Å². The van der Waals surface area contributed by atoms with Gasteiger partial charge in [0.1, 0.15) is 11.4 Å². The maximum Gasteiger partial charge on any atom is 0.407 e. The van der Waals surface area contributed by atoms with E-state index in [0.717, 1.165) is 30.2 Å². The van der Waals surface area contributed by atoms with Crippen molar-refractivity contribution in [3.8, 4) is 0 Å². The highest BCUT2D eigenvalue weighted by Gasteiger charge is 2.25. The molecular formula is C25H37FN6O3. The fraction of sp³-hybridized carbons (Fsp3) is 0.520. The highest BCUT2D eigenvalue weighted by atomic mass is 19.1. The zero-order valence-electron chi connectivity index (χ0n) is 21.6. The maximum absolute atomic E-state index is 15.0. The number of primary amides is 1. The maximum atomic E-state index is 15.0. The van der Waals surface area contributed by atoms with Gasteiger partial charge >= 0.3 is 6.09 Å². The Kier molecular flexibility index (Phi) is 9.39. The largest absolute Gasteiger partial charge is 0.444 e. The molecule has 192 valence electrons. The van der Waals surface area contributed by atoms with Gasteiger partial charge in [0.15, 0.2) is 11.6 Å². The number of pyridine rings is 2. The van der Waals surface area contributed by atoms with Gasteiger partial charge in [-0.3, -0.25) is 9.78 Å². The van der Waals surface area contributed by atoms with Crippen LogP contribution in [0.25, 0.3) is 0 Å². The third-order valence-corrected chi connectivity index (χ3v) is 5.38. The van der Waals surface area contributed by atoms with E-state index in [1.54, 1.807) is 27.0 Å². The lowest BCUT2D eigenvalue weighted by atomic mass is 10.0. The fourth-order valence-electron chi connectivity index (χ4n) is 3.36. The number of carbonyl (C=O) groups is 2. The minimum Gasteiger partial charge on any atom is -0.444 e. The Morgan fingerprint density at radius 2 is 1.89 bits per heavy atom. The van der Waals surface area contributed by atoms with Crippen LogP contribution in [-0.2, 0) is 4.74 Å². The van der Waals surface area contributed by atoms with Crippen molar-refractivity contribution < 1.29 is 18.7 Å². The summed E-state index contributed by atoms with van der Waals surface area (Å²) >= 11 is 0. The molecule has 0 fully saturated rings. The summed E-state index contributed by atoms with van der Waals surface area (Å²) in [7, 11) is 0. The molecule has 2 aromatic heterocycles. The second kappa shape index (κ2) is 11.8. The molecule has 2 amide bonds. The van der Waals surface area contributed by atoms with Crippen molar-refractivity contribution in [3.63, 3.8) is 0 Å². The average Bonchev–Trinajstić information content (AvgIpc) is 2.73. The molecular weight excluding hydrogens is 451 g/mol. The number of alkyl carbamates (subject to hydrolysis) is 1. The van der Waals surface area contributed by atoms with Crippen molar-refractivity contribution in [3.05, 3.63) is 41.0 Å². The summed E-state index contributed by atoms with van der Waals surface area (Å²) in [6.07, 6.45) is 3.45. The van der Waals surface area contributed by atoms with Crippen LogP contribution in [0.5, 0.6) is 0 Å². The van der Waals surface area contributed by atoms with Crippen LogP contribution in [0, 0.1) is 19.7 Å². The molecule has 0 bridgehead atoms. The lowest BCUT2D eigenvalue weighted by molar-refractivity contribution is 0.0502. The molecule has 2 aromatic rings. The quantitative estimate of drug-likeness (QED) is 0.372. The van der Waals surface area contributed by atoms with Crippen LogP contribution < -0.4 is 21.7 Å². The number of nitrogens with zero attached hydrogens (tertiary/aromatic N) is 2. The molecule has 2 heterocycles. The number of carbonyl (C=O) groups excluding carboxylic acids is 2. The van der Waals surface area contributed by atoms with E-state index < -0.39 is 29.5 Å². The number of hydrogen-bond acceptors (Lipinski definition) is 7. The van der Waals surface area contributed by atoms with Gasteiger partial charge in [-0.25, -0.2) is 14.2 Å². The van der Waals surface area contributed by atoms with Gasteiger partial charge in [0.05, 0.1) is 17.4 Å². The Morgan fingerprint density at radius 1 is 1.20 bits per heavy atom. The molecule has 0 spiro atoms. The first-order valence-corrected chi connectivity index (χ1v) is 11.8. The number of rotatable bonds is 10. The van der Waals surface area contributed by atoms with Crippen LogP contribution in [0.3, 0.4) is 0 Å². The van der Waals surface area contributed by atoms with E-state index in [2.05, 4.69) is 25.9 Å². The molecule has 0 saturated heterocycles. The van der Waals surface area contributed by atoms with E-state index >= 15 is 0 Å². The Bertz CT molecular complexity index is 1050. The number of nitrogens with two attached hydrogens (primary N) is 1. The number of ether oxygens (including phenoxy) is 1. The summed E-state index contributed by atoms with van der Waals surface area (Å²) in [6, 6.07) is 2.16. The molecule has 0 unspecified atom stereocenters. The highest BCUT2D eigenvalue weighted by Crippen LogP contribution is 2.25. The number of aryl methyl sites for hydroxylation is 2. The standard InChI is InChI=1S/C25H37FN6O3/c1-8-9-10-20(16(4)29-24(34)35-25(5,6)7)31-23-19(26)12-18(21(27)33)22(32-23)30-17-11-14(2)15(3)28-13-17/h11-13,16,20H,8-10H2,1-7H3,(H2,27,33)(H,29,34)(H2,30,31,32)/t16-,20+/m0/s1. The number of aromatic nitrogens is 2. The molecule has 9 nitrogen and oxygen atoms in total. The first-order valence-electron chi connectivity index (χ1n) is 11.8. The predicted molar refractivity (Wildman–Crippen MR) is 135 cm³/mol. The van der Waals surface area contributed by atoms with Crippen LogP contribution in [0.2, 0.25) is 0 Å². The molecule has 0 aliphatic rings. The van der Waals surface area contributed by atoms with E-state index in [-0.39, 0.29) is 23.2 Å². The Hall–Kier alpha value is -3.43. The lowest BCUT2D eigenvalue weighted by Gasteiger charge is -2.28. The van der Waals surface area contributed by atoms with Crippen LogP contribution in [0.4, 0.5) is 26.5 Å². The van der Waals surface area contributed by atoms with Crippen LogP contribution >= 0.6 is 0 Å². The summed E-state index contributed by atoms with van der Waals surface area (Å²) in [6.45, 7) is 13.0. The minimum absolute atomic E-state index is 0.0618. The summed E-state index contributed by atoms with van der Waals surface area (Å²) in [5, 5.41) is 8.93. The normalized spacial score (nSPS) is 13.0. The van der Waals surface area contributed by atoms with Crippen molar-refractivity contribution in [1.29, 1.82) is 0 Å². The number of hydrogen-bond donors (Lipinski definition) is 4. The van der Waals surface area contributed by atoms with Gasteiger partial charge in [0.2, 0.25) is 0 Å². The second-order valence-electron chi connectivity index (χ2n) is 9.66. The van der Waals surface area contributed by atoms with Crippen molar-refractivity contribution in [2.75, 3.05) is 10.6 Å². The number of anilines is 3. The van der Waals surface area contributed by atoms with Crippen molar-refractivity contribution in [1.82, 2.24) is 15.3 Å². The third kappa shape index (κ3) is 8.38. The molecule has 2 atom stereocenters. The Balaban J connectivity index is 2.34. The predicted octanol–water partition coefficient (Wildman–Crippen LogP) is 4.96. The molecule has 0 aliphatic heterocycles. The van der Waals surface area contributed by atoms with Crippen LogP contribution in [-0.4, -0.2) is 39.7 Å². The number of halogens is 1. The smallest absolute Gasteiger partial charge is 0.407 e. The monoisotopic (exact) mass is 488 g/mol. The molecule has 0 aromatic carbocycles. The summed E-state index contributed by atoms with van der Waals surface area (Å²) < 4.78 is 20.3. The minimum atomic E-state index is -0.815. The van der Waals surface area contributed by atoms with E-state index in [0.29, 0.717) is 12.1 Å². The first kappa shape index (κ1) is 27.8. The molecule has 5 N–H and O–H groups in total. The molecule has 0 aliphatic carbocycles. The van der Waals surface area contributed by atoms with Gasteiger partial charge in [-0.15, -0.1) is 0 Å². The second-order valence-corrected chi connectivity index (χ2v) is 9.66. The van der Waals surface area contributed by atoms with Crippen molar-refractivity contribution >= 4 is 29.3 Å². The molecule has 2 rings (SSSR count). The summed E-state index contributed by atoms with van der Waals surface area (Å²) in [4.78, 5) is 32.9. The van der Waals surface area contributed by atoms with Gasteiger partial charge < -0.3 is 26.4 Å². The van der Waals surface area contributed by atoms with Gasteiger partial charge in [0, 0.05) is 17.8 Å². The zero-order valence-corrected chi connectivity index (χ0v) is 21.6. The number of nitrogens with one attached hydrogen (secondary N) is 3. The molecule has 0 radical (unpaired) electrons. The SMILES string of the molecule is CCCC[C@@H](Nc1nc(Nc2cnc(C)c(C)c2)c(C(N)=O)cc1F)[C@H](C)NC(=O)OC(C)(C)C. The van der Waals surface area contributed by atoms with Crippen LogP contribution in [0.1, 0.15) is 75.5 Å². The number of unbranched alkanes of at least 4 members (excludes halogenated alkanes) is 1. The van der Waals surface area contributed by atoms with Gasteiger partial charge in [-0.05, 0) is 65.7 Å². The van der Waals surface area contributed by atoms with Gasteiger partial charge in [0.25, 0.3) is 5.91 Å². The van der Waals surface area contributed by atoms with Gasteiger partial charge in [-0.2, -0.15) is 0 Å². The molecule has 0 saturated carbocycles. The first-order chi connectivity index (χ1) is 16.3. The lowest BCUT2D eigenvalue weighted by Crippen LogP contribution is -2.46. The average molecular weight is 489 g/mol. The van der Waals surface area contributed by atoms with E-state index in [1.807, 2.05) is 33.8 Å². The van der Waals surface area contributed by atoms with Crippen molar-refractivity contribution in [2.24, 2.45) is 5.73 Å². The Morgan fingerprint density at radius 3 is 2.46 bits per heavy atom. The van der Waals surface area contributed by atoms with Crippen LogP contribution in [0.15, 0.2) is 18.3 Å². The third-order valence-electron chi connectivity index (χ3n) is 5.38. The zero-order chi connectivity index (χ0) is 26.3. The summed E-state index contributed by atoms with van der Waals surface area (Å²) in [5.41, 5.74) is 7.15. The number of amides is 2. The fourth-order valence-corrected chi connectivity index (χ4v) is 3.36.